The summed E-state index contributed by atoms with van der Waals surface area (Å²) in [6, 6.07) is 0. The largest absolute Gasteiger partial charge is 0.329 e. The minimum absolute atomic E-state index is 0.134. The molecule has 0 radical (unpaired) electrons. The van der Waals surface area contributed by atoms with Crippen molar-refractivity contribution in [1.29, 1.82) is 0 Å². The highest BCUT2D eigenvalue weighted by Crippen LogP contribution is 2.05. The van der Waals surface area contributed by atoms with Crippen molar-refractivity contribution in [3.05, 3.63) is 0 Å². The Balaban J connectivity index is 3.47. The Morgan fingerprint density at radius 1 is 1.07 bits per heavy atom. The van der Waals surface area contributed by atoms with Crippen LogP contribution in [-0.4, -0.2) is 37.5 Å². The molecule has 0 atom stereocenters. The number of unbranched alkanes of at least 4 members (excludes halogenated alkanes) is 4. The van der Waals surface area contributed by atoms with E-state index in [4.69, 9.17) is 5.73 Å². The summed E-state index contributed by atoms with van der Waals surface area (Å²) >= 11 is 0. The number of hydrogen-bond donors (Lipinski definition) is 1. The first-order chi connectivity index (χ1) is 7.20. The maximum Gasteiger partial charge on any atom is 0.251 e. The molecule has 0 saturated carbocycles. The highest BCUT2D eigenvalue weighted by atomic mass is 19.3. The summed E-state index contributed by atoms with van der Waals surface area (Å²) in [4.78, 5) is 1.76. The van der Waals surface area contributed by atoms with Gasteiger partial charge in [-0.2, -0.15) is 0 Å². The maximum atomic E-state index is 12.2. The Hall–Kier alpha value is -0.220. The van der Waals surface area contributed by atoms with Crippen molar-refractivity contribution in [2.75, 3.05) is 26.2 Å². The van der Waals surface area contributed by atoms with E-state index < -0.39 is 6.43 Å². The molecule has 0 saturated heterocycles. The molecule has 0 spiro atoms. The molecule has 0 rings (SSSR count). The second kappa shape index (κ2) is 10.3. The summed E-state index contributed by atoms with van der Waals surface area (Å²) in [5.41, 5.74) is 5.37. The monoisotopic (exact) mass is 222 g/mol. The molecule has 0 fully saturated rings. The lowest BCUT2D eigenvalue weighted by molar-refractivity contribution is 0.0887. The van der Waals surface area contributed by atoms with Gasteiger partial charge in [0, 0.05) is 13.1 Å². The third kappa shape index (κ3) is 10.1. The number of alkyl halides is 2. The fourth-order valence-electron chi connectivity index (χ4n) is 1.61. The normalized spacial score (nSPS) is 11.6. The van der Waals surface area contributed by atoms with E-state index in [1.54, 1.807) is 4.90 Å². The molecule has 4 heteroatoms. The zero-order valence-electron chi connectivity index (χ0n) is 9.72. The SMILES string of the molecule is CCCCCCCN(CCN)CC(F)F. The van der Waals surface area contributed by atoms with Gasteiger partial charge in [-0.3, -0.25) is 4.90 Å². The quantitative estimate of drug-likeness (QED) is 0.575. The molecular weight excluding hydrogens is 198 g/mol. The van der Waals surface area contributed by atoms with Crippen LogP contribution in [0.3, 0.4) is 0 Å². The lowest BCUT2D eigenvalue weighted by Crippen LogP contribution is -2.34. The zero-order valence-corrected chi connectivity index (χ0v) is 9.72. The third-order valence-electron chi connectivity index (χ3n) is 2.42. The Kier molecular flexibility index (Phi) is 10.2. The van der Waals surface area contributed by atoms with Crippen LogP contribution in [0.2, 0.25) is 0 Å². The molecule has 0 aromatic heterocycles. The lowest BCUT2D eigenvalue weighted by Gasteiger charge is -2.20. The standard InChI is InChI=1S/C11H24F2N2/c1-2-3-4-5-6-8-15(9-7-14)10-11(12)13/h11H,2-10,14H2,1H3. The van der Waals surface area contributed by atoms with Gasteiger partial charge < -0.3 is 5.73 Å². The van der Waals surface area contributed by atoms with E-state index in [0.29, 0.717) is 13.1 Å². The summed E-state index contributed by atoms with van der Waals surface area (Å²) in [6.45, 7) is 3.83. The molecule has 0 amide bonds. The van der Waals surface area contributed by atoms with E-state index in [2.05, 4.69) is 6.92 Å². The van der Waals surface area contributed by atoms with Crippen molar-refractivity contribution >= 4 is 0 Å². The summed E-state index contributed by atoms with van der Waals surface area (Å²) in [6.07, 6.45) is 3.56. The summed E-state index contributed by atoms with van der Waals surface area (Å²) < 4.78 is 24.3. The molecule has 0 bridgehead atoms. The van der Waals surface area contributed by atoms with Crippen LogP contribution in [0.4, 0.5) is 8.78 Å². The first-order valence-corrected chi connectivity index (χ1v) is 5.91. The zero-order chi connectivity index (χ0) is 11.5. The second-order valence-corrected chi connectivity index (χ2v) is 3.89. The van der Waals surface area contributed by atoms with Crippen molar-refractivity contribution in [2.45, 2.75) is 45.5 Å². The van der Waals surface area contributed by atoms with Crippen molar-refractivity contribution in [2.24, 2.45) is 5.73 Å². The van der Waals surface area contributed by atoms with E-state index in [1.165, 1.54) is 19.3 Å². The van der Waals surface area contributed by atoms with Crippen LogP contribution in [-0.2, 0) is 0 Å². The molecule has 0 aliphatic rings. The molecule has 2 nitrogen and oxygen atoms in total. The van der Waals surface area contributed by atoms with Gasteiger partial charge in [0.2, 0.25) is 0 Å². The minimum Gasteiger partial charge on any atom is -0.329 e. The van der Waals surface area contributed by atoms with Gasteiger partial charge in [0.25, 0.3) is 6.43 Å². The molecule has 0 aromatic carbocycles. The number of hydrogen-bond acceptors (Lipinski definition) is 2. The van der Waals surface area contributed by atoms with Gasteiger partial charge in [0.15, 0.2) is 0 Å². The van der Waals surface area contributed by atoms with E-state index in [-0.39, 0.29) is 6.54 Å². The van der Waals surface area contributed by atoms with E-state index in [1.807, 2.05) is 0 Å². The second-order valence-electron chi connectivity index (χ2n) is 3.89. The number of nitrogens with two attached hydrogens (primary N) is 1. The van der Waals surface area contributed by atoms with Crippen molar-refractivity contribution in [1.82, 2.24) is 4.90 Å². The first kappa shape index (κ1) is 14.8. The Morgan fingerprint density at radius 2 is 1.73 bits per heavy atom. The van der Waals surface area contributed by atoms with Crippen LogP contribution in [0, 0.1) is 0 Å². The molecule has 92 valence electrons. The van der Waals surface area contributed by atoms with Crippen LogP contribution < -0.4 is 5.73 Å². The van der Waals surface area contributed by atoms with Crippen LogP contribution in [0.5, 0.6) is 0 Å². The van der Waals surface area contributed by atoms with Gasteiger partial charge in [-0.05, 0) is 13.0 Å². The van der Waals surface area contributed by atoms with E-state index in [9.17, 15) is 8.78 Å². The fourth-order valence-corrected chi connectivity index (χ4v) is 1.61. The Morgan fingerprint density at radius 3 is 2.27 bits per heavy atom. The van der Waals surface area contributed by atoms with Crippen LogP contribution in [0.1, 0.15) is 39.0 Å². The molecule has 0 heterocycles. The maximum absolute atomic E-state index is 12.2. The third-order valence-corrected chi connectivity index (χ3v) is 2.42. The van der Waals surface area contributed by atoms with Gasteiger partial charge in [0.1, 0.15) is 0 Å². The van der Waals surface area contributed by atoms with Crippen LogP contribution in [0.15, 0.2) is 0 Å². The minimum atomic E-state index is -2.24. The predicted octanol–water partition coefficient (Wildman–Crippen LogP) is 2.48. The van der Waals surface area contributed by atoms with Gasteiger partial charge in [-0.25, -0.2) is 8.78 Å². The Bertz CT molecular complexity index is 132. The van der Waals surface area contributed by atoms with Gasteiger partial charge in [-0.15, -0.1) is 0 Å². The molecular formula is C11H24F2N2. The van der Waals surface area contributed by atoms with Gasteiger partial charge in [0.05, 0.1) is 6.54 Å². The summed E-state index contributed by atoms with van der Waals surface area (Å²) in [5.74, 6) is 0. The van der Waals surface area contributed by atoms with E-state index >= 15 is 0 Å². The van der Waals surface area contributed by atoms with Crippen LogP contribution in [0.25, 0.3) is 0 Å². The topological polar surface area (TPSA) is 29.3 Å². The van der Waals surface area contributed by atoms with Crippen molar-refractivity contribution in [3.63, 3.8) is 0 Å². The van der Waals surface area contributed by atoms with Crippen LogP contribution >= 0.6 is 0 Å². The summed E-state index contributed by atoms with van der Waals surface area (Å²) in [5, 5.41) is 0. The molecule has 0 aliphatic heterocycles. The predicted molar refractivity (Wildman–Crippen MR) is 60.3 cm³/mol. The van der Waals surface area contributed by atoms with E-state index in [0.717, 1.165) is 19.4 Å². The first-order valence-electron chi connectivity index (χ1n) is 5.91. The average Bonchev–Trinajstić information content (AvgIpc) is 2.17. The van der Waals surface area contributed by atoms with Gasteiger partial charge in [-0.1, -0.05) is 32.6 Å². The molecule has 0 aromatic rings. The van der Waals surface area contributed by atoms with Gasteiger partial charge >= 0.3 is 0 Å². The van der Waals surface area contributed by atoms with Crippen molar-refractivity contribution in [3.8, 4) is 0 Å². The molecule has 2 N–H and O–H groups in total. The molecule has 0 unspecified atom stereocenters. The fraction of sp³-hybridized carbons (Fsp3) is 1.00. The highest BCUT2D eigenvalue weighted by molar-refractivity contribution is 4.60. The molecule has 0 aliphatic carbocycles. The average molecular weight is 222 g/mol. The lowest BCUT2D eigenvalue weighted by atomic mass is 10.1. The Labute approximate surface area is 91.8 Å². The number of rotatable bonds is 10. The summed E-state index contributed by atoms with van der Waals surface area (Å²) in [7, 11) is 0. The smallest absolute Gasteiger partial charge is 0.251 e. The number of halogens is 2. The van der Waals surface area contributed by atoms with Crippen molar-refractivity contribution < 1.29 is 8.78 Å². The highest BCUT2D eigenvalue weighted by Gasteiger charge is 2.10. The molecule has 15 heavy (non-hydrogen) atoms. The number of nitrogens with zero attached hydrogens (tertiary/aromatic N) is 1.